The maximum absolute atomic E-state index is 12.4. The van der Waals surface area contributed by atoms with Crippen LogP contribution in [0.15, 0.2) is 53.4 Å². The van der Waals surface area contributed by atoms with Crippen molar-refractivity contribution in [3.8, 4) is 0 Å². The summed E-state index contributed by atoms with van der Waals surface area (Å²) in [7, 11) is -3.25. The van der Waals surface area contributed by atoms with E-state index in [0.717, 1.165) is 43.0 Å². The van der Waals surface area contributed by atoms with Gasteiger partial charge in [-0.1, -0.05) is 36.4 Å². The largest absolute Gasteiger partial charge is 0.324 e. The van der Waals surface area contributed by atoms with Crippen molar-refractivity contribution in [3.63, 3.8) is 0 Å². The molecule has 2 aromatic carbocycles. The van der Waals surface area contributed by atoms with E-state index < -0.39 is 9.84 Å². The molecule has 7 heteroatoms. The number of nitrogens with zero attached hydrogens (tertiary/aromatic N) is 2. The van der Waals surface area contributed by atoms with E-state index in [1.165, 1.54) is 0 Å². The molecular weight excluding hydrogens is 386 g/mol. The Labute approximate surface area is 173 Å². The van der Waals surface area contributed by atoms with Gasteiger partial charge in [-0.05, 0) is 37.1 Å². The Bertz CT molecular complexity index is 917. The molecule has 1 N–H and O–H groups in total. The molecule has 0 radical (unpaired) electrons. The van der Waals surface area contributed by atoms with Crippen LogP contribution in [-0.2, 0) is 14.6 Å². The number of benzene rings is 2. The molecule has 1 saturated heterocycles. The highest BCUT2D eigenvalue weighted by atomic mass is 32.2. The summed E-state index contributed by atoms with van der Waals surface area (Å²) in [5.74, 6) is 0.104. The minimum Gasteiger partial charge on any atom is -0.324 e. The first-order valence-electron chi connectivity index (χ1n) is 9.94. The summed E-state index contributed by atoms with van der Waals surface area (Å²) in [6, 6.07) is 14.6. The summed E-state index contributed by atoms with van der Waals surface area (Å²) in [4.78, 5) is 17.1. The minimum atomic E-state index is -3.25. The van der Waals surface area contributed by atoms with E-state index in [4.69, 9.17) is 0 Å². The zero-order chi connectivity index (χ0) is 20.9. The zero-order valence-corrected chi connectivity index (χ0v) is 17.9. The van der Waals surface area contributed by atoms with Crippen molar-refractivity contribution >= 4 is 21.4 Å². The Morgan fingerprint density at radius 1 is 0.897 bits per heavy atom. The van der Waals surface area contributed by atoms with E-state index in [2.05, 4.69) is 15.1 Å². The van der Waals surface area contributed by atoms with Crippen LogP contribution in [0.2, 0.25) is 0 Å². The van der Waals surface area contributed by atoms with Crippen molar-refractivity contribution < 1.29 is 13.2 Å². The van der Waals surface area contributed by atoms with E-state index in [1.54, 1.807) is 24.3 Å². The summed E-state index contributed by atoms with van der Waals surface area (Å²) < 4.78 is 24.8. The molecule has 1 fully saturated rings. The Balaban J connectivity index is 1.44. The molecule has 0 aliphatic carbocycles. The first-order chi connectivity index (χ1) is 13.8. The van der Waals surface area contributed by atoms with Crippen LogP contribution in [0.5, 0.6) is 0 Å². The quantitative estimate of drug-likeness (QED) is 0.752. The number of sulfone groups is 1. The Morgan fingerprint density at radius 2 is 1.48 bits per heavy atom. The van der Waals surface area contributed by atoms with Crippen molar-refractivity contribution in [1.82, 2.24) is 9.80 Å². The summed E-state index contributed by atoms with van der Waals surface area (Å²) in [6.45, 7) is 7.89. The smallest absolute Gasteiger partial charge is 0.238 e. The number of aryl methyl sites for hydroxylation is 2. The number of hydrogen-bond donors (Lipinski definition) is 1. The van der Waals surface area contributed by atoms with Gasteiger partial charge in [0, 0.05) is 38.4 Å². The third-order valence-electron chi connectivity index (χ3n) is 5.36. The van der Waals surface area contributed by atoms with Gasteiger partial charge in [0.25, 0.3) is 0 Å². The number of amides is 1. The van der Waals surface area contributed by atoms with Crippen LogP contribution in [-0.4, -0.2) is 69.1 Å². The number of carbonyl (C=O) groups is 1. The van der Waals surface area contributed by atoms with Crippen LogP contribution < -0.4 is 5.32 Å². The molecule has 6 nitrogen and oxygen atoms in total. The Hall–Kier alpha value is -2.22. The fourth-order valence-electron chi connectivity index (χ4n) is 3.56. The number of piperazine rings is 1. The average Bonchev–Trinajstić information content (AvgIpc) is 2.71. The predicted molar refractivity (Wildman–Crippen MR) is 116 cm³/mol. The van der Waals surface area contributed by atoms with Crippen LogP contribution in [0.4, 0.5) is 5.69 Å². The van der Waals surface area contributed by atoms with Gasteiger partial charge in [-0.25, -0.2) is 8.42 Å². The molecule has 0 atom stereocenters. The van der Waals surface area contributed by atoms with Crippen molar-refractivity contribution in [2.45, 2.75) is 18.7 Å². The number of hydrogen-bond acceptors (Lipinski definition) is 5. The maximum Gasteiger partial charge on any atom is 0.238 e. The first kappa shape index (κ1) is 21.5. The molecule has 2 aromatic rings. The van der Waals surface area contributed by atoms with Crippen LogP contribution in [0.3, 0.4) is 0 Å². The lowest BCUT2D eigenvalue weighted by atomic mass is 10.1. The average molecular weight is 416 g/mol. The molecule has 0 aromatic heterocycles. The standard InChI is InChI=1S/C22H29N3O3S/c1-18-7-6-8-19(2)22(18)23-21(26)17-25-13-11-24(12-14-25)15-16-29(27,28)20-9-4-3-5-10-20/h3-10H,11-17H2,1-2H3,(H,23,26). The van der Waals surface area contributed by atoms with E-state index in [-0.39, 0.29) is 11.7 Å². The lowest BCUT2D eigenvalue weighted by molar-refractivity contribution is -0.117. The fourth-order valence-corrected chi connectivity index (χ4v) is 4.87. The number of para-hydroxylation sites is 1. The van der Waals surface area contributed by atoms with Gasteiger partial charge in [0.1, 0.15) is 0 Å². The lowest BCUT2D eigenvalue weighted by Crippen LogP contribution is -2.49. The van der Waals surface area contributed by atoms with Gasteiger partial charge in [0.15, 0.2) is 9.84 Å². The molecule has 1 amide bonds. The van der Waals surface area contributed by atoms with Gasteiger partial charge in [-0.2, -0.15) is 0 Å². The van der Waals surface area contributed by atoms with E-state index >= 15 is 0 Å². The lowest BCUT2D eigenvalue weighted by Gasteiger charge is -2.34. The van der Waals surface area contributed by atoms with Crippen LogP contribution in [0, 0.1) is 13.8 Å². The van der Waals surface area contributed by atoms with Crippen LogP contribution >= 0.6 is 0 Å². The van der Waals surface area contributed by atoms with Crippen molar-refractivity contribution in [2.24, 2.45) is 0 Å². The van der Waals surface area contributed by atoms with E-state index in [0.29, 0.717) is 18.0 Å². The topological polar surface area (TPSA) is 69.7 Å². The fraction of sp³-hybridized carbons (Fsp3) is 0.409. The summed E-state index contributed by atoms with van der Waals surface area (Å²) >= 11 is 0. The molecule has 0 saturated carbocycles. The summed E-state index contributed by atoms with van der Waals surface area (Å²) in [6.07, 6.45) is 0. The molecule has 1 aliphatic heterocycles. The third kappa shape index (κ3) is 5.88. The highest BCUT2D eigenvalue weighted by Gasteiger charge is 2.22. The molecule has 3 rings (SSSR count). The third-order valence-corrected chi connectivity index (χ3v) is 7.07. The van der Waals surface area contributed by atoms with Gasteiger partial charge >= 0.3 is 0 Å². The van der Waals surface area contributed by atoms with Crippen LogP contribution in [0.25, 0.3) is 0 Å². The zero-order valence-electron chi connectivity index (χ0n) is 17.1. The molecule has 0 spiro atoms. The predicted octanol–water partition coefficient (Wildman–Crippen LogP) is 2.33. The second-order valence-electron chi connectivity index (χ2n) is 7.56. The van der Waals surface area contributed by atoms with Crippen molar-refractivity contribution in [1.29, 1.82) is 0 Å². The Morgan fingerprint density at radius 3 is 2.10 bits per heavy atom. The summed E-state index contributed by atoms with van der Waals surface area (Å²) in [5.41, 5.74) is 3.01. The second-order valence-corrected chi connectivity index (χ2v) is 9.67. The molecule has 156 valence electrons. The molecule has 1 aliphatic rings. The maximum atomic E-state index is 12.4. The monoisotopic (exact) mass is 415 g/mol. The number of anilines is 1. The van der Waals surface area contributed by atoms with Crippen LogP contribution in [0.1, 0.15) is 11.1 Å². The number of rotatable bonds is 7. The first-order valence-corrected chi connectivity index (χ1v) is 11.6. The molecule has 1 heterocycles. The second kappa shape index (κ2) is 9.52. The molecule has 29 heavy (non-hydrogen) atoms. The van der Waals surface area contributed by atoms with Crippen molar-refractivity contribution in [2.75, 3.05) is 50.3 Å². The normalized spacial score (nSPS) is 15.9. The molecular formula is C22H29N3O3S. The SMILES string of the molecule is Cc1cccc(C)c1NC(=O)CN1CCN(CCS(=O)(=O)c2ccccc2)CC1. The van der Waals surface area contributed by atoms with Gasteiger partial charge < -0.3 is 5.32 Å². The minimum absolute atomic E-state index is 0.0116. The summed E-state index contributed by atoms with van der Waals surface area (Å²) in [5, 5.41) is 3.03. The highest BCUT2D eigenvalue weighted by Crippen LogP contribution is 2.19. The van der Waals surface area contributed by atoms with E-state index in [1.807, 2.05) is 38.1 Å². The number of carbonyl (C=O) groups excluding carboxylic acids is 1. The van der Waals surface area contributed by atoms with Gasteiger partial charge in [-0.15, -0.1) is 0 Å². The highest BCUT2D eigenvalue weighted by molar-refractivity contribution is 7.91. The van der Waals surface area contributed by atoms with Crippen molar-refractivity contribution in [3.05, 3.63) is 59.7 Å². The van der Waals surface area contributed by atoms with Gasteiger partial charge in [0.05, 0.1) is 17.2 Å². The molecule has 0 bridgehead atoms. The molecule has 0 unspecified atom stereocenters. The number of nitrogens with one attached hydrogen (secondary N) is 1. The Kier molecular flexibility index (Phi) is 7.05. The van der Waals surface area contributed by atoms with Gasteiger partial charge in [-0.3, -0.25) is 14.6 Å². The van der Waals surface area contributed by atoms with E-state index in [9.17, 15) is 13.2 Å². The van der Waals surface area contributed by atoms with Gasteiger partial charge in [0.2, 0.25) is 5.91 Å².